The van der Waals surface area contributed by atoms with E-state index in [0.717, 1.165) is 24.2 Å². The zero-order valence-corrected chi connectivity index (χ0v) is 13.7. The molecule has 3 rings (SSSR count). The Morgan fingerprint density at radius 2 is 1.96 bits per heavy atom. The van der Waals surface area contributed by atoms with Crippen LogP contribution in [0.15, 0.2) is 53.2 Å². The number of ether oxygens (including phenoxy) is 1. The van der Waals surface area contributed by atoms with Crippen LogP contribution in [0.5, 0.6) is 5.75 Å². The van der Waals surface area contributed by atoms with Gasteiger partial charge >= 0.3 is 0 Å². The number of carbonyl (C=O) groups is 1. The summed E-state index contributed by atoms with van der Waals surface area (Å²) in [6.45, 7) is 0.491. The number of nitrogens with one attached hydrogen (secondary N) is 1. The normalized spacial score (nSPS) is 15.5. The lowest BCUT2D eigenvalue weighted by molar-refractivity contribution is -0.116. The van der Waals surface area contributed by atoms with Gasteiger partial charge in [0.05, 0.1) is 12.4 Å². The Balaban J connectivity index is 1.44. The maximum Gasteiger partial charge on any atom is 0.244 e. The molecule has 0 aliphatic heterocycles. The molecule has 0 bridgehead atoms. The van der Waals surface area contributed by atoms with Crippen LogP contribution in [0.1, 0.15) is 43.4 Å². The van der Waals surface area contributed by atoms with E-state index in [4.69, 9.17) is 9.15 Å². The van der Waals surface area contributed by atoms with Gasteiger partial charge in [0.1, 0.15) is 11.5 Å². The van der Waals surface area contributed by atoms with Crippen LogP contribution < -0.4 is 10.1 Å². The van der Waals surface area contributed by atoms with Crippen LogP contribution in [0.25, 0.3) is 6.08 Å². The molecule has 0 saturated heterocycles. The SMILES string of the molecule is O=C(C=Cc1ccco1)NCc1ccc(OC2CCCCC2)cc1. The lowest BCUT2D eigenvalue weighted by atomic mass is 9.98. The summed E-state index contributed by atoms with van der Waals surface area (Å²) < 4.78 is 11.1. The Labute approximate surface area is 142 Å². The first-order chi connectivity index (χ1) is 11.8. The van der Waals surface area contributed by atoms with E-state index in [0.29, 0.717) is 18.4 Å². The number of rotatable bonds is 6. The maximum absolute atomic E-state index is 11.8. The fraction of sp³-hybridized carbons (Fsp3) is 0.350. The largest absolute Gasteiger partial charge is 0.490 e. The number of hydrogen-bond donors (Lipinski definition) is 1. The fourth-order valence-corrected chi connectivity index (χ4v) is 2.85. The van der Waals surface area contributed by atoms with Crippen LogP contribution in [0.3, 0.4) is 0 Å². The molecule has 4 nitrogen and oxygen atoms in total. The quantitative estimate of drug-likeness (QED) is 0.805. The monoisotopic (exact) mass is 325 g/mol. The Kier molecular flexibility index (Phi) is 5.72. The highest BCUT2D eigenvalue weighted by Gasteiger charge is 2.14. The first kappa shape index (κ1) is 16.4. The highest BCUT2D eigenvalue weighted by molar-refractivity contribution is 5.91. The fourth-order valence-electron chi connectivity index (χ4n) is 2.85. The van der Waals surface area contributed by atoms with Crippen LogP contribution in [-0.4, -0.2) is 12.0 Å². The van der Waals surface area contributed by atoms with Crippen molar-refractivity contribution in [1.82, 2.24) is 5.32 Å². The topological polar surface area (TPSA) is 51.5 Å². The van der Waals surface area contributed by atoms with Crippen LogP contribution >= 0.6 is 0 Å². The summed E-state index contributed by atoms with van der Waals surface area (Å²) in [6.07, 6.45) is 11.2. The molecule has 1 aliphatic carbocycles. The van der Waals surface area contributed by atoms with Gasteiger partial charge in [-0.15, -0.1) is 0 Å². The van der Waals surface area contributed by atoms with Gasteiger partial charge in [0.25, 0.3) is 0 Å². The standard InChI is InChI=1S/C20H23NO3/c22-20(13-12-17-7-4-14-23-17)21-15-16-8-10-19(11-9-16)24-18-5-2-1-3-6-18/h4,7-14,18H,1-3,5-6,15H2,(H,21,22). The van der Waals surface area contributed by atoms with Crippen LogP contribution in [-0.2, 0) is 11.3 Å². The highest BCUT2D eigenvalue weighted by atomic mass is 16.5. The molecular weight excluding hydrogens is 302 g/mol. The van der Waals surface area contributed by atoms with Gasteiger partial charge in [-0.25, -0.2) is 0 Å². The predicted molar refractivity (Wildman–Crippen MR) is 93.5 cm³/mol. The van der Waals surface area contributed by atoms with E-state index in [1.165, 1.54) is 25.3 Å². The van der Waals surface area contributed by atoms with E-state index >= 15 is 0 Å². The average Bonchev–Trinajstić information content (AvgIpc) is 3.14. The smallest absolute Gasteiger partial charge is 0.244 e. The van der Waals surface area contributed by atoms with Crippen molar-refractivity contribution in [3.63, 3.8) is 0 Å². The number of carbonyl (C=O) groups excluding carboxylic acids is 1. The van der Waals surface area contributed by atoms with Gasteiger partial charge in [-0.1, -0.05) is 18.6 Å². The molecule has 0 radical (unpaired) electrons. The third-order valence-electron chi connectivity index (χ3n) is 4.19. The van der Waals surface area contributed by atoms with Gasteiger partial charge in [0.2, 0.25) is 5.91 Å². The minimum absolute atomic E-state index is 0.145. The van der Waals surface area contributed by atoms with Crippen molar-refractivity contribution in [3.05, 3.63) is 60.1 Å². The first-order valence-electron chi connectivity index (χ1n) is 8.54. The maximum atomic E-state index is 11.8. The number of amides is 1. The molecule has 1 aliphatic rings. The molecule has 0 unspecified atom stereocenters. The Morgan fingerprint density at radius 1 is 1.17 bits per heavy atom. The molecule has 1 aromatic carbocycles. The Bertz CT molecular complexity index is 653. The predicted octanol–water partition coefficient (Wildman–Crippen LogP) is 4.32. The second kappa shape index (κ2) is 8.39. The third kappa shape index (κ3) is 5.01. The molecule has 0 atom stereocenters. The second-order valence-corrected chi connectivity index (χ2v) is 6.09. The van der Waals surface area contributed by atoms with Crippen LogP contribution in [0.4, 0.5) is 0 Å². The molecule has 1 heterocycles. The summed E-state index contributed by atoms with van der Waals surface area (Å²) in [7, 11) is 0. The van der Waals surface area contributed by atoms with E-state index in [1.807, 2.05) is 24.3 Å². The van der Waals surface area contributed by atoms with Gasteiger partial charge in [-0.05, 0) is 61.6 Å². The molecule has 4 heteroatoms. The molecule has 1 saturated carbocycles. The number of benzene rings is 1. The summed E-state index contributed by atoms with van der Waals surface area (Å²) in [5.74, 6) is 1.43. The second-order valence-electron chi connectivity index (χ2n) is 6.09. The third-order valence-corrected chi connectivity index (χ3v) is 4.19. The highest BCUT2D eigenvalue weighted by Crippen LogP contribution is 2.23. The number of hydrogen-bond acceptors (Lipinski definition) is 3. The van der Waals surface area contributed by atoms with Gasteiger partial charge < -0.3 is 14.5 Å². The van der Waals surface area contributed by atoms with Gasteiger partial charge in [0, 0.05) is 12.6 Å². The number of furan rings is 1. The molecule has 24 heavy (non-hydrogen) atoms. The summed E-state index contributed by atoms with van der Waals surface area (Å²) in [6, 6.07) is 11.5. The molecule has 1 N–H and O–H groups in total. The minimum Gasteiger partial charge on any atom is -0.490 e. The van der Waals surface area contributed by atoms with E-state index < -0.39 is 0 Å². The van der Waals surface area contributed by atoms with E-state index in [-0.39, 0.29) is 5.91 Å². The lowest BCUT2D eigenvalue weighted by Crippen LogP contribution is -2.20. The summed E-state index contributed by atoms with van der Waals surface area (Å²) in [5.41, 5.74) is 1.05. The van der Waals surface area contributed by atoms with Gasteiger partial charge in [-0.2, -0.15) is 0 Å². The van der Waals surface area contributed by atoms with Crippen molar-refractivity contribution in [1.29, 1.82) is 0 Å². The van der Waals surface area contributed by atoms with Crippen molar-refractivity contribution in [3.8, 4) is 5.75 Å². The Morgan fingerprint density at radius 3 is 2.67 bits per heavy atom. The van der Waals surface area contributed by atoms with Crippen molar-refractivity contribution in [2.45, 2.75) is 44.8 Å². The molecule has 126 valence electrons. The summed E-state index contributed by atoms with van der Waals surface area (Å²) in [5, 5.41) is 2.85. The van der Waals surface area contributed by atoms with Crippen molar-refractivity contribution < 1.29 is 13.9 Å². The summed E-state index contributed by atoms with van der Waals surface area (Å²) in [4.78, 5) is 11.8. The molecule has 0 spiro atoms. The van der Waals surface area contributed by atoms with Crippen LogP contribution in [0.2, 0.25) is 0 Å². The molecular formula is C20H23NO3. The van der Waals surface area contributed by atoms with Gasteiger partial charge in [0.15, 0.2) is 0 Å². The molecule has 1 amide bonds. The zero-order valence-electron chi connectivity index (χ0n) is 13.7. The zero-order chi connectivity index (χ0) is 16.6. The molecule has 1 aromatic heterocycles. The van der Waals surface area contributed by atoms with Crippen molar-refractivity contribution in [2.75, 3.05) is 0 Å². The first-order valence-corrected chi connectivity index (χ1v) is 8.54. The minimum atomic E-state index is -0.145. The summed E-state index contributed by atoms with van der Waals surface area (Å²) >= 11 is 0. The van der Waals surface area contributed by atoms with E-state index in [1.54, 1.807) is 24.5 Å². The van der Waals surface area contributed by atoms with Crippen molar-refractivity contribution >= 4 is 12.0 Å². The molecule has 2 aromatic rings. The Hall–Kier alpha value is -2.49. The van der Waals surface area contributed by atoms with Crippen LogP contribution in [0, 0.1) is 0 Å². The van der Waals surface area contributed by atoms with E-state index in [9.17, 15) is 4.79 Å². The lowest BCUT2D eigenvalue weighted by Gasteiger charge is -2.23. The van der Waals surface area contributed by atoms with E-state index in [2.05, 4.69) is 5.32 Å². The van der Waals surface area contributed by atoms with Crippen molar-refractivity contribution in [2.24, 2.45) is 0 Å². The average molecular weight is 325 g/mol. The van der Waals surface area contributed by atoms with Gasteiger partial charge in [-0.3, -0.25) is 4.79 Å². The molecule has 1 fully saturated rings.